The lowest BCUT2D eigenvalue weighted by atomic mass is 9.98. The molecule has 0 radical (unpaired) electrons. The van der Waals surface area contributed by atoms with E-state index in [1.54, 1.807) is 13.2 Å². The molecule has 0 atom stereocenters. The lowest BCUT2D eigenvalue weighted by Gasteiger charge is -2.09. The molecular weight excluding hydrogens is 224 g/mol. The summed E-state index contributed by atoms with van der Waals surface area (Å²) >= 11 is 0. The van der Waals surface area contributed by atoms with Crippen LogP contribution in [0.3, 0.4) is 0 Å². The van der Waals surface area contributed by atoms with Crippen LogP contribution in [0.1, 0.15) is 23.6 Å². The van der Waals surface area contributed by atoms with Gasteiger partial charge in [0, 0.05) is 0 Å². The van der Waals surface area contributed by atoms with E-state index < -0.39 is 0 Å². The number of aromatic hydroxyl groups is 1. The molecule has 0 aliphatic rings. The lowest BCUT2D eigenvalue weighted by molar-refractivity contribution is 0.414. The van der Waals surface area contributed by atoms with Crippen LogP contribution in [0.4, 0.5) is 0 Å². The summed E-state index contributed by atoms with van der Waals surface area (Å²) in [5, 5.41) is 9.49. The molecule has 0 unspecified atom stereocenters. The van der Waals surface area contributed by atoms with Gasteiger partial charge in [-0.15, -0.1) is 0 Å². The summed E-state index contributed by atoms with van der Waals surface area (Å²) in [6, 6.07) is 13.7. The first-order valence-corrected chi connectivity index (χ1v) is 6.16. The molecule has 0 aromatic heterocycles. The Balaban J connectivity index is 2.22. The molecule has 0 aliphatic heterocycles. The predicted molar refractivity (Wildman–Crippen MR) is 73.3 cm³/mol. The zero-order valence-corrected chi connectivity index (χ0v) is 10.8. The first kappa shape index (κ1) is 12.5. The maximum absolute atomic E-state index is 9.49. The molecule has 94 valence electrons. The highest BCUT2D eigenvalue weighted by molar-refractivity contribution is 5.39. The Labute approximate surface area is 108 Å². The summed E-state index contributed by atoms with van der Waals surface area (Å²) in [5.41, 5.74) is 3.71. The SMILES string of the molecule is CCc1cc(O)ccc1Cc1ccc(OC)cc1. The third-order valence-corrected chi connectivity index (χ3v) is 3.12. The van der Waals surface area contributed by atoms with Gasteiger partial charge in [-0.2, -0.15) is 0 Å². The number of rotatable bonds is 4. The van der Waals surface area contributed by atoms with Gasteiger partial charge in [0.15, 0.2) is 0 Å². The summed E-state index contributed by atoms with van der Waals surface area (Å²) in [4.78, 5) is 0. The molecule has 18 heavy (non-hydrogen) atoms. The van der Waals surface area contributed by atoms with Crippen LogP contribution >= 0.6 is 0 Å². The van der Waals surface area contributed by atoms with Crippen LogP contribution < -0.4 is 4.74 Å². The Morgan fingerprint density at radius 2 is 1.72 bits per heavy atom. The summed E-state index contributed by atoms with van der Waals surface area (Å²) in [7, 11) is 1.67. The molecule has 0 saturated carbocycles. The Morgan fingerprint density at radius 3 is 2.33 bits per heavy atom. The third-order valence-electron chi connectivity index (χ3n) is 3.12. The topological polar surface area (TPSA) is 29.5 Å². The molecule has 0 bridgehead atoms. The zero-order valence-electron chi connectivity index (χ0n) is 10.8. The smallest absolute Gasteiger partial charge is 0.118 e. The van der Waals surface area contributed by atoms with Crippen LogP contribution in [0.25, 0.3) is 0 Å². The molecule has 2 heteroatoms. The fraction of sp³-hybridized carbons (Fsp3) is 0.250. The minimum absolute atomic E-state index is 0.338. The number of hydrogen-bond donors (Lipinski definition) is 1. The Bertz CT molecular complexity index is 515. The van der Waals surface area contributed by atoms with E-state index in [2.05, 4.69) is 19.1 Å². The Kier molecular flexibility index (Phi) is 3.88. The monoisotopic (exact) mass is 242 g/mol. The van der Waals surface area contributed by atoms with Crippen LogP contribution in [0.5, 0.6) is 11.5 Å². The van der Waals surface area contributed by atoms with Crippen LogP contribution in [0.2, 0.25) is 0 Å². The molecular formula is C16H18O2. The van der Waals surface area contributed by atoms with Gasteiger partial charge < -0.3 is 9.84 Å². The molecule has 2 nitrogen and oxygen atoms in total. The fourth-order valence-electron chi connectivity index (χ4n) is 2.08. The molecule has 0 saturated heterocycles. The fourth-order valence-corrected chi connectivity index (χ4v) is 2.08. The van der Waals surface area contributed by atoms with Crippen molar-refractivity contribution in [1.29, 1.82) is 0 Å². The molecule has 0 heterocycles. The van der Waals surface area contributed by atoms with E-state index in [-0.39, 0.29) is 0 Å². The van der Waals surface area contributed by atoms with Gasteiger partial charge in [0.1, 0.15) is 11.5 Å². The number of benzene rings is 2. The van der Waals surface area contributed by atoms with Crippen LogP contribution in [-0.2, 0) is 12.8 Å². The quantitative estimate of drug-likeness (QED) is 0.888. The molecule has 0 aliphatic carbocycles. The number of aryl methyl sites for hydroxylation is 1. The van der Waals surface area contributed by atoms with E-state index in [1.807, 2.05) is 24.3 Å². The van der Waals surface area contributed by atoms with E-state index in [1.165, 1.54) is 16.7 Å². The number of ether oxygens (including phenoxy) is 1. The van der Waals surface area contributed by atoms with Gasteiger partial charge >= 0.3 is 0 Å². The van der Waals surface area contributed by atoms with Crippen LogP contribution in [0.15, 0.2) is 42.5 Å². The third kappa shape index (κ3) is 2.83. The van der Waals surface area contributed by atoms with Gasteiger partial charge in [0.2, 0.25) is 0 Å². The van der Waals surface area contributed by atoms with E-state index in [0.29, 0.717) is 5.75 Å². The van der Waals surface area contributed by atoms with Gasteiger partial charge in [-0.1, -0.05) is 25.1 Å². The molecule has 0 amide bonds. The second kappa shape index (κ2) is 5.58. The van der Waals surface area contributed by atoms with Crippen molar-refractivity contribution in [3.05, 3.63) is 59.2 Å². The number of hydrogen-bond acceptors (Lipinski definition) is 2. The first-order valence-electron chi connectivity index (χ1n) is 6.16. The van der Waals surface area contributed by atoms with Crippen molar-refractivity contribution in [3.8, 4) is 11.5 Å². The van der Waals surface area contributed by atoms with E-state index >= 15 is 0 Å². The van der Waals surface area contributed by atoms with Crippen molar-refractivity contribution in [2.24, 2.45) is 0 Å². The van der Waals surface area contributed by atoms with Crippen molar-refractivity contribution in [2.75, 3.05) is 7.11 Å². The standard InChI is InChI=1S/C16H18O2/c1-3-13-11-15(17)7-6-14(13)10-12-4-8-16(18-2)9-5-12/h4-9,11,17H,3,10H2,1-2H3. The summed E-state index contributed by atoms with van der Waals surface area (Å²) in [5.74, 6) is 1.21. The maximum Gasteiger partial charge on any atom is 0.118 e. The van der Waals surface area contributed by atoms with Gasteiger partial charge in [-0.05, 0) is 53.8 Å². The van der Waals surface area contributed by atoms with Gasteiger partial charge in [0.05, 0.1) is 7.11 Å². The normalized spacial score (nSPS) is 10.3. The number of methoxy groups -OCH3 is 1. The molecule has 2 rings (SSSR count). The van der Waals surface area contributed by atoms with E-state index in [0.717, 1.165) is 18.6 Å². The van der Waals surface area contributed by atoms with E-state index in [4.69, 9.17) is 4.74 Å². The highest BCUT2D eigenvalue weighted by Gasteiger charge is 2.03. The van der Waals surface area contributed by atoms with Gasteiger partial charge in [0.25, 0.3) is 0 Å². The van der Waals surface area contributed by atoms with Crippen LogP contribution in [-0.4, -0.2) is 12.2 Å². The van der Waals surface area contributed by atoms with Crippen molar-refractivity contribution in [2.45, 2.75) is 19.8 Å². The summed E-state index contributed by atoms with van der Waals surface area (Å²) in [6.07, 6.45) is 1.81. The average molecular weight is 242 g/mol. The molecule has 2 aromatic rings. The molecule has 0 spiro atoms. The van der Waals surface area contributed by atoms with Crippen molar-refractivity contribution in [3.63, 3.8) is 0 Å². The number of phenols is 1. The largest absolute Gasteiger partial charge is 0.508 e. The molecule has 0 fully saturated rings. The zero-order chi connectivity index (χ0) is 13.0. The average Bonchev–Trinajstić information content (AvgIpc) is 2.41. The molecule has 1 N–H and O–H groups in total. The first-order chi connectivity index (χ1) is 8.72. The van der Waals surface area contributed by atoms with Crippen LogP contribution in [0, 0.1) is 0 Å². The van der Waals surface area contributed by atoms with Crippen molar-refractivity contribution < 1.29 is 9.84 Å². The number of phenolic OH excluding ortho intramolecular Hbond substituents is 1. The second-order valence-electron chi connectivity index (χ2n) is 4.33. The van der Waals surface area contributed by atoms with Gasteiger partial charge in [-0.3, -0.25) is 0 Å². The predicted octanol–water partition coefficient (Wildman–Crippen LogP) is 3.55. The highest BCUT2D eigenvalue weighted by atomic mass is 16.5. The highest BCUT2D eigenvalue weighted by Crippen LogP contribution is 2.21. The lowest BCUT2D eigenvalue weighted by Crippen LogP contribution is -1.94. The molecule has 2 aromatic carbocycles. The second-order valence-corrected chi connectivity index (χ2v) is 4.33. The Hall–Kier alpha value is -1.96. The van der Waals surface area contributed by atoms with Gasteiger partial charge in [-0.25, -0.2) is 0 Å². The van der Waals surface area contributed by atoms with E-state index in [9.17, 15) is 5.11 Å². The van der Waals surface area contributed by atoms with Crippen molar-refractivity contribution in [1.82, 2.24) is 0 Å². The Morgan fingerprint density at radius 1 is 1.00 bits per heavy atom. The summed E-state index contributed by atoms with van der Waals surface area (Å²) in [6.45, 7) is 2.10. The summed E-state index contributed by atoms with van der Waals surface area (Å²) < 4.78 is 5.15. The minimum Gasteiger partial charge on any atom is -0.508 e. The van der Waals surface area contributed by atoms with Crippen molar-refractivity contribution >= 4 is 0 Å². The maximum atomic E-state index is 9.49. The minimum atomic E-state index is 0.338.